The lowest BCUT2D eigenvalue weighted by atomic mass is 10.1. The van der Waals surface area contributed by atoms with Gasteiger partial charge in [-0.3, -0.25) is 9.79 Å². The van der Waals surface area contributed by atoms with E-state index in [1.807, 2.05) is 20.8 Å². The Bertz CT molecular complexity index is 662. The van der Waals surface area contributed by atoms with Crippen molar-refractivity contribution in [2.24, 2.45) is 10.7 Å². The molecule has 0 radical (unpaired) electrons. The van der Waals surface area contributed by atoms with Crippen LogP contribution in [0.15, 0.2) is 21.5 Å². The van der Waals surface area contributed by atoms with Crippen LogP contribution in [-0.2, 0) is 11.3 Å². The molecule has 2 amide bonds. The van der Waals surface area contributed by atoms with E-state index in [0.717, 1.165) is 0 Å². The number of nitrogens with zero attached hydrogens (tertiary/aromatic N) is 2. The van der Waals surface area contributed by atoms with Crippen LogP contribution >= 0.6 is 24.0 Å². The Morgan fingerprint density at radius 3 is 2.54 bits per heavy atom. The number of ether oxygens (including phenoxy) is 1. The zero-order chi connectivity index (χ0) is 18.6. The van der Waals surface area contributed by atoms with Crippen molar-refractivity contribution in [2.75, 3.05) is 20.1 Å². The number of primary amides is 1. The van der Waals surface area contributed by atoms with E-state index in [1.54, 1.807) is 18.0 Å². The third-order valence-corrected chi connectivity index (χ3v) is 3.43. The molecule has 1 saturated heterocycles. The van der Waals surface area contributed by atoms with Crippen molar-refractivity contribution in [3.8, 4) is 0 Å². The molecule has 26 heavy (non-hydrogen) atoms. The molecule has 9 nitrogen and oxygen atoms in total. The van der Waals surface area contributed by atoms with E-state index in [0.29, 0.717) is 31.4 Å². The molecular formula is C16H26IN5O4. The number of aliphatic imine (C=N–C) groups is 1. The van der Waals surface area contributed by atoms with Crippen LogP contribution in [0.4, 0.5) is 4.79 Å². The molecule has 0 aromatic carbocycles. The van der Waals surface area contributed by atoms with Gasteiger partial charge in [0.2, 0.25) is 0 Å². The standard InChI is InChI=1S/C16H25N5O4.HI/c1-16(2,3)25-15(23)21-8-10(9-21)20-14(18-4)19-7-11-5-6-12(24-11)13(17)22;/h5-6,10H,7-9H2,1-4H3,(H2,17,22)(H2,18,19,20);1H. The second-order valence-corrected chi connectivity index (χ2v) is 6.78. The number of guanidine groups is 1. The van der Waals surface area contributed by atoms with Crippen LogP contribution in [0.2, 0.25) is 0 Å². The van der Waals surface area contributed by atoms with Gasteiger partial charge >= 0.3 is 6.09 Å². The third kappa shape index (κ3) is 6.39. The van der Waals surface area contributed by atoms with Crippen LogP contribution in [0.3, 0.4) is 0 Å². The van der Waals surface area contributed by atoms with Gasteiger partial charge < -0.3 is 30.4 Å². The average molecular weight is 479 g/mol. The van der Waals surface area contributed by atoms with E-state index < -0.39 is 11.5 Å². The first-order valence-electron chi connectivity index (χ1n) is 8.01. The summed E-state index contributed by atoms with van der Waals surface area (Å²) in [6, 6.07) is 3.30. The summed E-state index contributed by atoms with van der Waals surface area (Å²) in [7, 11) is 1.65. The first kappa shape index (κ1) is 22.1. The topological polar surface area (TPSA) is 122 Å². The molecule has 1 fully saturated rings. The Balaban J connectivity index is 0.00000338. The maximum absolute atomic E-state index is 11.9. The lowest BCUT2D eigenvalue weighted by Gasteiger charge is -2.40. The SMILES string of the molecule is CN=C(NCc1ccc(C(N)=O)o1)NC1CN(C(=O)OC(C)(C)C)C1.I. The Labute approximate surface area is 169 Å². The smallest absolute Gasteiger partial charge is 0.410 e. The number of carbonyl (C=O) groups is 2. The minimum Gasteiger partial charge on any atom is -0.454 e. The number of likely N-dealkylation sites (tertiary alicyclic amines) is 1. The molecule has 1 aliphatic rings. The summed E-state index contributed by atoms with van der Waals surface area (Å²) in [6.07, 6.45) is -0.317. The molecule has 1 aromatic heterocycles. The summed E-state index contributed by atoms with van der Waals surface area (Å²) >= 11 is 0. The number of hydrogen-bond acceptors (Lipinski definition) is 5. The Morgan fingerprint density at radius 2 is 2.04 bits per heavy atom. The van der Waals surface area contributed by atoms with Crippen LogP contribution in [0.5, 0.6) is 0 Å². The molecule has 1 aliphatic heterocycles. The van der Waals surface area contributed by atoms with Gasteiger partial charge in [-0.25, -0.2) is 4.79 Å². The molecule has 0 unspecified atom stereocenters. The number of rotatable bonds is 4. The lowest BCUT2D eigenvalue weighted by Crippen LogP contribution is -2.63. The fourth-order valence-electron chi connectivity index (χ4n) is 2.21. The van der Waals surface area contributed by atoms with Crippen molar-refractivity contribution in [1.82, 2.24) is 15.5 Å². The molecular weight excluding hydrogens is 453 g/mol. The molecule has 10 heteroatoms. The molecule has 2 heterocycles. The van der Waals surface area contributed by atoms with Crippen LogP contribution in [-0.4, -0.2) is 54.6 Å². The van der Waals surface area contributed by atoms with E-state index in [-0.39, 0.29) is 41.9 Å². The van der Waals surface area contributed by atoms with Gasteiger partial charge in [0.25, 0.3) is 5.91 Å². The molecule has 1 aromatic rings. The summed E-state index contributed by atoms with van der Waals surface area (Å²) < 4.78 is 10.6. The van der Waals surface area contributed by atoms with Gasteiger partial charge in [0.05, 0.1) is 12.6 Å². The maximum atomic E-state index is 11.9. The fourth-order valence-corrected chi connectivity index (χ4v) is 2.21. The molecule has 0 saturated carbocycles. The van der Waals surface area contributed by atoms with Gasteiger partial charge in [0.1, 0.15) is 11.4 Å². The van der Waals surface area contributed by atoms with Gasteiger partial charge in [-0.2, -0.15) is 0 Å². The number of carbonyl (C=O) groups excluding carboxylic acids is 2. The van der Waals surface area contributed by atoms with Gasteiger partial charge in [-0.1, -0.05) is 0 Å². The van der Waals surface area contributed by atoms with E-state index >= 15 is 0 Å². The van der Waals surface area contributed by atoms with E-state index in [2.05, 4.69) is 15.6 Å². The van der Waals surface area contributed by atoms with Crippen LogP contribution < -0.4 is 16.4 Å². The Morgan fingerprint density at radius 1 is 1.38 bits per heavy atom. The lowest BCUT2D eigenvalue weighted by molar-refractivity contribution is 0.00700. The number of halogens is 1. The van der Waals surface area contributed by atoms with Crippen molar-refractivity contribution in [1.29, 1.82) is 0 Å². The zero-order valence-electron chi connectivity index (χ0n) is 15.4. The summed E-state index contributed by atoms with van der Waals surface area (Å²) in [5.41, 5.74) is 4.64. The average Bonchev–Trinajstić information content (AvgIpc) is 2.92. The monoisotopic (exact) mass is 479 g/mol. The number of furan rings is 1. The van der Waals surface area contributed by atoms with Crippen LogP contribution in [0, 0.1) is 0 Å². The fraction of sp³-hybridized carbons (Fsp3) is 0.562. The first-order valence-corrected chi connectivity index (χ1v) is 8.01. The quantitative estimate of drug-likeness (QED) is 0.340. The Kier molecular flexibility index (Phi) is 7.72. The summed E-state index contributed by atoms with van der Waals surface area (Å²) in [5, 5.41) is 6.28. The predicted molar refractivity (Wildman–Crippen MR) is 108 cm³/mol. The molecule has 2 rings (SSSR count). The third-order valence-electron chi connectivity index (χ3n) is 3.43. The van der Waals surface area contributed by atoms with Crippen molar-refractivity contribution in [3.63, 3.8) is 0 Å². The van der Waals surface area contributed by atoms with Crippen molar-refractivity contribution >= 4 is 41.9 Å². The highest BCUT2D eigenvalue weighted by Crippen LogP contribution is 2.15. The molecule has 0 bridgehead atoms. The van der Waals surface area contributed by atoms with Crippen molar-refractivity contribution < 1.29 is 18.7 Å². The van der Waals surface area contributed by atoms with Gasteiger partial charge in [0, 0.05) is 20.1 Å². The van der Waals surface area contributed by atoms with Crippen LogP contribution in [0.25, 0.3) is 0 Å². The number of hydrogen-bond donors (Lipinski definition) is 3. The highest BCUT2D eigenvalue weighted by atomic mass is 127. The van der Waals surface area contributed by atoms with Gasteiger partial charge in [0.15, 0.2) is 11.7 Å². The van der Waals surface area contributed by atoms with E-state index in [9.17, 15) is 9.59 Å². The van der Waals surface area contributed by atoms with Crippen molar-refractivity contribution in [3.05, 3.63) is 23.7 Å². The van der Waals surface area contributed by atoms with E-state index in [1.165, 1.54) is 6.07 Å². The number of amides is 2. The molecule has 146 valence electrons. The highest BCUT2D eigenvalue weighted by Gasteiger charge is 2.34. The highest BCUT2D eigenvalue weighted by molar-refractivity contribution is 14.0. The largest absolute Gasteiger partial charge is 0.454 e. The van der Waals surface area contributed by atoms with Gasteiger partial charge in [-0.05, 0) is 32.9 Å². The normalized spacial score (nSPS) is 14.9. The maximum Gasteiger partial charge on any atom is 0.410 e. The number of nitrogens with two attached hydrogens (primary N) is 1. The summed E-state index contributed by atoms with van der Waals surface area (Å²) in [4.78, 5) is 28.6. The summed E-state index contributed by atoms with van der Waals surface area (Å²) in [6.45, 7) is 6.96. The van der Waals surface area contributed by atoms with Gasteiger partial charge in [-0.15, -0.1) is 24.0 Å². The molecule has 0 atom stereocenters. The second-order valence-electron chi connectivity index (χ2n) is 6.78. The van der Waals surface area contributed by atoms with Crippen molar-refractivity contribution in [2.45, 2.75) is 39.0 Å². The number of nitrogens with one attached hydrogen (secondary N) is 2. The molecule has 0 spiro atoms. The second kappa shape index (κ2) is 9.10. The van der Waals surface area contributed by atoms with Crippen LogP contribution in [0.1, 0.15) is 37.1 Å². The first-order chi connectivity index (χ1) is 11.7. The minimum atomic E-state index is -0.606. The molecule has 4 N–H and O–H groups in total. The predicted octanol–water partition coefficient (Wildman–Crippen LogP) is 1.28. The van der Waals surface area contributed by atoms with E-state index in [4.69, 9.17) is 14.9 Å². The minimum absolute atomic E-state index is 0. The zero-order valence-corrected chi connectivity index (χ0v) is 17.7. The summed E-state index contributed by atoms with van der Waals surface area (Å²) in [5.74, 6) is 0.656. The molecule has 0 aliphatic carbocycles. The Hall–Kier alpha value is -1.98.